The first kappa shape index (κ1) is 25.0. The van der Waals surface area contributed by atoms with Gasteiger partial charge >= 0.3 is 18.6 Å². The molecule has 2 aromatic carbocycles. The van der Waals surface area contributed by atoms with Crippen LogP contribution in [0.5, 0.6) is 11.5 Å². The second-order valence-corrected chi connectivity index (χ2v) is 7.61. The molecule has 3 rings (SSSR count). The zero-order valence-corrected chi connectivity index (χ0v) is 19.1. The molecule has 2 N–H and O–H groups in total. The Hall–Kier alpha value is -3.66. The van der Waals surface area contributed by atoms with E-state index in [1.165, 1.54) is 12.1 Å². The van der Waals surface area contributed by atoms with Gasteiger partial charge in [0.15, 0.2) is 0 Å². The highest BCUT2D eigenvalue weighted by molar-refractivity contribution is 5.95. The van der Waals surface area contributed by atoms with Crippen molar-refractivity contribution in [3.8, 4) is 11.5 Å². The molecule has 1 aliphatic heterocycles. The third-order valence-electron chi connectivity index (χ3n) is 5.13. The van der Waals surface area contributed by atoms with E-state index in [-0.39, 0.29) is 18.9 Å². The average Bonchev–Trinajstić information content (AvgIpc) is 2.79. The highest BCUT2D eigenvalue weighted by Gasteiger charge is 2.34. The summed E-state index contributed by atoms with van der Waals surface area (Å²) in [5, 5.41) is 5.53. The van der Waals surface area contributed by atoms with Gasteiger partial charge in [0.25, 0.3) is 0 Å². The summed E-state index contributed by atoms with van der Waals surface area (Å²) >= 11 is 0. The van der Waals surface area contributed by atoms with Gasteiger partial charge in [-0.15, -0.1) is 0 Å². The highest BCUT2D eigenvalue weighted by atomic mass is 19.3. The fraction of sp³-hybridized carbons (Fsp3) is 0.333. The van der Waals surface area contributed by atoms with Crippen molar-refractivity contribution in [2.24, 2.45) is 0 Å². The maximum atomic E-state index is 12.9. The van der Waals surface area contributed by atoms with E-state index in [1.807, 2.05) is 11.9 Å². The zero-order valence-electron chi connectivity index (χ0n) is 19.1. The number of rotatable bonds is 10. The molecule has 1 unspecified atom stereocenters. The fourth-order valence-electron chi connectivity index (χ4n) is 3.65. The quantitative estimate of drug-likeness (QED) is 0.511. The van der Waals surface area contributed by atoms with Crippen LogP contribution in [0, 0.1) is 0 Å². The molecule has 10 heteroatoms. The highest BCUT2D eigenvalue weighted by Crippen LogP contribution is 2.29. The number of alkyl halides is 2. The number of urea groups is 1. The first-order valence-electron chi connectivity index (χ1n) is 10.6. The molecule has 8 nitrogen and oxygen atoms in total. The molecule has 0 aromatic heterocycles. The lowest BCUT2D eigenvalue weighted by Gasteiger charge is -2.31. The molecule has 0 fully saturated rings. The predicted octanol–water partition coefficient (Wildman–Crippen LogP) is 3.60. The Kier molecular flexibility index (Phi) is 8.42. The Morgan fingerprint density at radius 2 is 1.71 bits per heavy atom. The van der Waals surface area contributed by atoms with Crippen LogP contribution < -0.4 is 20.1 Å². The van der Waals surface area contributed by atoms with E-state index in [0.29, 0.717) is 29.1 Å². The third-order valence-corrected chi connectivity index (χ3v) is 5.13. The molecule has 0 aliphatic carbocycles. The minimum atomic E-state index is -2.89. The van der Waals surface area contributed by atoms with Crippen LogP contribution in [0.1, 0.15) is 24.1 Å². The summed E-state index contributed by atoms with van der Waals surface area (Å²) < 4.78 is 39.6. The monoisotopic (exact) mass is 475 g/mol. The van der Waals surface area contributed by atoms with E-state index in [1.54, 1.807) is 50.4 Å². The van der Waals surface area contributed by atoms with Crippen LogP contribution in [-0.2, 0) is 16.1 Å². The zero-order chi connectivity index (χ0) is 24.7. The number of hydrogen-bond donors (Lipinski definition) is 2. The predicted molar refractivity (Wildman–Crippen MR) is 120 cm³/mol. The van der Waals surface area contributed by atoms with Crippen LogP contribution in [-0.4, -0.2) is 50.8 Å². The van der Waals surface area contributed by atoms with Crippen LogP contribution in [0.3, 0.4) is 0 Å². The molecule has 2 amide bonds. The Bertz CT molecular complexity index is 1030. The standard InChI is InChI=1S/C24H27F2N3O5/c1-4-33-22(30)20-19(14-29(2)13-15-5-9-18(10-6-15)34-23(25)26)27-24(31)28-21(20)16-7-11-17(32-3)12-8-16/h5-12,21,23H,4,13-14H2,1-3H3,(H2,27,28,31). The average molecular weight is 475 g/mol. The molecule has 0 saturated carbocycles. The smallest absolute Gasteiger partial charge is 0.387 e. The van der Waals surface area contributed by atoms with Gasteiger partial charge in [-0.2, -0.15) is 8.78 Å². The number of ether oxygens (including phenoxy) is 3. The van der Waals surface area contributed by atoms with Crippen LogP contribution in [0.2, 0.25) is 0 Å². The van der Waals surface area contributed by atoms with Gasteiger partial charge in [-0.3, -0.25) is 4.90 Å². The van der Waals surface area contributed by atoms with Crippen molar-refractivity contribution in [1.82, 2.24) is 15.5 Å². The van der Waals surface area contributed by atoms with Gasteiger partial charge < -0.3 is 24.8 Å². The number of hydrogen-bond acceptors (Lipinski definition) is 6. The summed E-state index contributed by atoms with van der Waals surface area (Å²) in [6.07, 6.45) is 0. The number of benzene rings is 2. The summed E-state index contributed by atoms with van der Waals surface area (Å²) in [5.74, 6) is 0.185. The molecular weight excluding hydrogens is 448 g/mol. The molecule has 2 aromatic rings. The van der Waals surface area contributed by atoms with Crippen LogP contribution in [0.4, 0.5) is 13.6 Å². The maximum absolute atomic E-state index is 12.9. The SMILES string of the molecule is CCOC(=O)C1=C(CN(C)Cc2ccc(OC(F)F)cc2)NC(=O)NC1c1ccc(OC)cc1. The summed E-state index contributed by atoms with van der Waals surface area (Å²) in [4.78, 5) is 27.2. The van der Waals surface area contributed by atoms with Crippen molar-refractivity contribution in [3.63, 3.8) is 0 Å². The fourth-order valence-corrected chi connectivity index (χ4v) is 3.65. The number of nitrogens with zero attached hydrogens (tertiary/aromatic N) is 1. The van der Waals surface area contributed by atoms with Gasteiger partial charge in [-0.1, -0.05) is 24.3 Å². The van der Waals surface area contributed by atoms with Crippen molar-refractivity contribution < 1.29 is 32.6 Å². The van der Waals surface area contributed by atoms with E-state index in [4.69, 9.17) is 9.47 Å². The van der Waals surface area contributed by atoms with E-state index in [9.17, 15) is 18.4 Å². The molecule has 1 atom stereocenters. The molecule has 34 heavy (non-hydrogen) atoms. The van der Waals surface area contributed by atoms with Crippen molar-refractivity contribution in [3.05, 3.63) is 70.9 Å². The molecule has 0 saturated heterocycles. The van der Waals surface area contributed by atoms with E-state index in [0.717, 1.165) is 5.56 Å². The molecule has 0 spiro atoms. The van der Waals surface area contributed by atoms with E-state index in [2.05, 4.69) is 15.4 Å². The number of nitrogens with one attached hydrogen (secondary N) is 2. The Labute approximate surface area is 196 Å². The van der Waals surface area contributed by atoms with E-state index < -0.39 is 24.7 Å². The first-order valence-corrected chi connectivity index (χ1v) is 10.6. The lowest BCUT2D eigenvalue weighted by molar-refractivity contribution is -0.139. The second-order valence-electron chi connectivity index (χ2n) is 7.61. The summed E-state index contributed by atoms with van der Waals surface area (Å²) in [6, 6.07) is 12.2. The van der Waals surface area contributed by atoms with E-state index >= 15 is 0 Å². The Balaban J connectivity index is 1.84. The van der Waals surface area contributed by atoms with Crippen LogP contribution >= 0.6 is 0 Å². The van der Waals surface area contributed by atoms with Crippen molar-refractivity contribution in [2.75, 3.05) is 27.3 Å². The Morgan fingerprint density at radius 3 is 2.29 bits per heavy atom. The molecular formula is C24H27F2N3O5. The molecule has 0 radical (unpaired) electrons. The van der Waals surface area contributed by atoms with Gasteiger partial charge in [0.2, 0.25) is 0 Å². The van der Waals surface area contributed by atoms with Gasteiger partial charge in [-0.05, 0) is 49.4 Å². The second kappa shape index (κ2) is 11.5. The summed E-state index contributed by atoms with van der Waals surface area (Å²) in [6.45, 7) is -0.317. The van der Waals surface area contributed by atoms with Gasteiger partial charge in [-0.25, -0.2) is 9.59 Å². The molecule has 0 bridgehead atoms. The van der Waals surface area contributed by atoms with Crippen molar-refractivity contribution >= 4 is 12.0 Å². The number of esters is 1. The van der Waals surface area contributed by atoms with Gasteiger partial charge in [0, 0.05) is 18.8 Å². The lowest BCUT2D eigenvalue weighted by Crippen LogP contribution is -2.48. The minimum absolute atomic E-state index is 0.0710. The number of carbonyl (C=O) groups is 2. The lowest BCUT2D eigenvalue weighted by atomic mass is 9.95. The van der Waals surface area contributed by atoms with Crippen molar-refractivity contribution in [1.29, 1.82) is 0 Å². The van der Waals surface area contributed by atoms with Crippen LogP contribution in [0.15, 0.2) is 59.8 Å². The molecule has 1 heterocycles. The summed E-state index contributed by atoms with van der Waals surface area (Å²) in [7, 11) is 3.37. The number of methoxy groups -OCH3 is 1. The number of carbonyl (C=O) groups excluding carboxylic acids is 2. The summed E-state index contributed by atoms with van der Waals surface area (Å²) in [5.41, 5.74) is 2.27. The Morgan fingerprint density at radius 1 is 1.06 bits per heavy atom. The number of likely N-dealkylation sites (N-methyl/N-ethyl adjacent to an activating group) is 1. The van der Waals surface area contributed by atoms with Gasteiger partial charge in [0.05, 0.1) is 25.3 Å². The largest absolute Gasteiger partial charge is 0.497 e. The van der Waals surface area contributed by atoms with Crippen LogP contribution in [0.25, 0.3) is 0 Å². The normalized spacial score (nSPS) is 15.7. The number of amides is 2. The first-order chi connectivity index (χ1) is 16.3. The number of halogens is 2. The van der Waals surface area contributed by atoms with Crippen molar-refractivity contribution in [2.45, 2.75) is 26.1 Å². The third kappa shape index (κ3) is 6.44. The maximum Gasteiger partial charge on any atom is 0.387 e. The molecule has 182 valence electrons. The topological polar surface area (TPSA) is 89.1 Å². The minimum Gasteiger partial charge on any atom is -0.497 e. The van der Waals surface area contributed by atoms with Gasteiger partial charge in [0.1, 0.15) is 11.5 Å². The molecule has 1 aliphatic rings.